The van der Waals surface area contributed by atoms with Crippen molar-refractivity contribution in [3.05, 3.63) is 84.8 Å². The lowest BCUT2D eigenvalue weighted by molar-refractivity contribution is 0.358. The number of anilines is 3. The molecule has 43 heavy (non-hydrogen) atoms. The predicted molar refractivity (Wildman–Crippen MR) is 168 cm³/mol. The third-order valence-corrected chi connectivity index (χ3v) is 8.84. The Morgan fingerprint density at radius 3 is 2.47 bits per heavy atom. The molecule has 224 valence electrons. The number of nitrogens with zero attached hydrogens (tertiary/aromatic N) is 9. The number of fused-ring (bicyclic) bond motifs is 1. The maximum Gasteiger partial charge on any atom is 0.242 e. The minimum atomic E-state index is -3.59. The van der Waals surface area contributed by atoms with E-state index in [0.29, 0.717) is 42.9 Å². The summed E-state index contributed by atoms with van der Waals surface area (Å²) in [7, 11) is 3.73. The van der Waals surface area contributed by atoms with E-state index >= 15 is 0 Å². The lowest BCUT2D eigenvalue weighted by Gasteiger charge is -2.21. The van der Waals surface area contributed by atoms with Crippen molar-refractivity contribution in [1.82, 2.24) is 38.8 Å². The van der Waals surface area contributed by atoms with Gasteiger partial charge in [-0.1, -0.05) is 42.5 Å². The number of aromatic nitrogens is 6. The average molecular weight is 601 g/mol. The molecule has 0 fully saturated rings. The van der Waals surface area contributed by atoms with Gasteiger partial charge in [-0.25, -0.2) is 23.4 Å². The standard InChI is InChI=1S/C30H36N10O2S/c1-22(18-23-10-9-13-25(19-23)43(41,42)38(4)17-16-37(2)3)34-29-31-15-14-27(36-29)39(5)30-35-26(24-11-7-6-8-12-24)20-28-32-21-33-40(28)30/h6-15,19-22H,16-18H2,1-5H3,(H,31,34,36)/t22-/m0/s1. The first-order valence-electron chi connectivity index (χ1n) is 13.9. The predicted octanol–water partition coefficient (Wildman–Crippen LogP) is 3.57. The van der Waals surface area contributed by atoms with Crippen LogP contribution in [0.4, 0.5) is 17.7 Å². The van der Waals surface area contributed by atoms with Crippen LogP contribution in [0.15, 0.2) is 84.1 Å². The SMILES string of the molecule is C[C@@H](Cc1cccc(S(=O)(=O)N(C)CCN(C)C)c1)Nc1nccc(N(C)c2nc(-c3ccccc3)cc3ncnn23)n1. The smallest absolute Gasteiger partial charge is 0.242 e. The Morgan fingerprint density at radius 2 is 1.70 bits per heavy atom. The van der Waals surface area contributed by atoms with Gasteiger partial charge in [0.2, 0.25) is 21.9 Å². The summed E-state index contributed by atoms with van der Waals surface area (Å²) in [6.45, 7) is 3.06. The summed E-state index contributed by atoms with van der Waals surface area (Å²) < 4.78 is 29.3. The molecule has 0 unspecified atom stereocenters. The van der Waals surface area contributed by atoms with Crippen molar-refractivity contribution in [2.75, 3.05) is 51.5 Å². The number of hydrogen-bond acceptors (Lipinski definition) is 10. The van der Waals surface area contributed by atoms with Crippen LogP contribution in [0, 0.1) is 0 Å². The molecule has 0 aliphatic carbocycles. The molecule has 3 heterocycles. The van der Waals surface area contributed by atoms with E-state index in [-0.39, 0.29) is 10.9 Å². The zero-order valence-electron chi connectivity index (χ0n) is 25.0. The van der Waals surface area contributed by atoms with Gasteiger partial charge >= 0.3 is 0 Å². The summed E-state index contributed by atoms with van der Waals surface area (Å²) in [5.41, 5.74) is 3.31. The van der Waals surface area contributed by atoms with Crippen LogP contribution in [0.25, 0.3) is 16.9 Å². The summed E-state index contributed by atoms with van der Waals surface area (Å²) in [5.74, 6) is 1.62. The molecule has 0 saturated carbocycles. The van der Waals surface area contributed by atoms with Crippen LogP contribution in [-0.2, 0) is 16.4 Å². The van der Waals surface area contributed by atoms with E-state index < -0.39 is 10.0 Å². The Labute approximate surface area is 252 Å². The highest BCUT2D eigenvalue weighted by Gasteiger charge is 2.21. The Morgan fingerprint density at radius 1 is 0.907 bits per heavy atom. The quantitative estimate of drug-likeness (QED) is 0.227. The normalized spacial score (nSPS) is 12.6. The van der Waals surface area contributed by atoms with Gasteiger partial charge in [0.05, 0.1) is 10.6 Å². The molecular weight excluding hydrogens is 564 g/mol. The first-order chi connectivity index (χ1) is 20.6. The molecule has 12 nitrogen and oxygen atoms in total. The highest BCUT2D eigenvalue weighted by atomic mass is 32.2. The van der Waals surface area contributed by atoms with Crippen molar-refractivity contribution < 1.29 is 8.42 Å². The van der Waals surface area contributed by atoms with Crippen molar-refractivity contribution in [3.63, 3.8) is 0 Å². The van der Waals surface area contributed by atoms with E-state index in [4.69, 9.17) is 9.97 Å². The van der Waals surface area contributed by atoms with Crippen molar-refractivity contribution in [1.29, 1.82) is 0 Å². The van der Waals surface area contributed by atoms with E-state index in [2.05, 4.69) is 20.4 Å². The average Bonchev–Trinajstić information content (AvgIpc) is 3.48. The molecule has 0 radical (unpaired) electrons. The molecule has 0 aliphatic rings. The molecule has 5 rings (SSSR count). The topological polar surface area (TPSA) is 125 Å². The monoisotopic (exact) mass is 600 g/mol. The minimum absolute atomic E-state index is 0.0773. The molecule has 0 amide bonds. The molecular formula is C30H36N10O2S. The molecule has 0 bridgehead atoms. The number of benzene rings is 2. The van der Waals surface area contributed by atoms with Crippen LogP contribution in [0.2, 0.25) is 0 Å². The fourth-order valence-corrected chi connectivity index (χ4v) is 5.83. The summed E-state index contributed by atoms with van der Waals surface area (Å²) in [6.07, 6.45) is 3.76. The highest BCUT2D eigenvalue weighted by Crippen LogP contribution is 2.26. The number of rotatable bonds is 12. The molecule has 1 N–H and O–H groups in total. The van der Waals surface area contributed by atoms with E-state index in [9.17, 15) is 8.42 Å². The van der Waals surface area contributed by atoms with E-state index in [1.165, 1.54) is 10.6 Å². The van der Waals surface area contributed by atoms with Crippen LogP contribution in [0.5, 0.6) is 0 Å². The van der Waals surface area contributed by atoms with E-state index in [1.807, 2.05) is 80.3 Å². The number of nitrogens with one attached hydrogen (secondary N) is 1. The highest BCUT2D eigenvalue weighted by molar-refractivity contribution is 7.89. The van der Waals surface area contributed by atoms with Crippen molar-refractivity contribution in [2.24, 2.45) is 0 Å². The van der Waals surface area contributed by atoms with Crippen molar-refractivity contribution in [3.8, 4) is 11.3 Å². The van der Waals surface area contributed by atoms with Crippen LogP contribution in [0.1, 0.15) is 12.5 Å². The maximum atomic E-state index is 13.1. The van der Waals surface area contributed by atoms with Crippen LogP contribution >= 0.6 is 0 Å². The Bertz CT molecular complexity index is 1790. The summed E-state index contributed by atoms with van der Waals surface area (Å²) in [6, 6.07) is 20.6. The van der Waals surface area contributed by atoms with E-state index in [0.717, 1.165) is 16.8 Å². The third kappa shape index (κ3) is 6.96. The first-order valence-corrected chi connectivity index (χ1v) is 15.4. The third-order valence-electron chi connectivity index (χ3n) is 6.99. The van der Waals surface area contributed by atoms with E-state index in [1.54, 1.807) is 42.0 Å². The second-order valence-corrected chi connectivity index (χ2v) is 12.7. The molecule has 0 aliphatic heterocycles. The Balaban J connectivity index is 1.32. The molecule has 3 aromatic heterocycles. The van der Waals surface area contributed by atoms with Gasteiger partial charge in [-0.15, -0.1) is 0 Å². The van der Waals surface area contributed by atoms with Crippen molar-refractivity contribution in [2.45, 2.75) is 24.3 Å². The first kappa shape index (κ1) is 30.0. The molecule has 13 heteroatoms. The number of likely N-dealkylation sites (N-methyl/N-ethyl adjacent to an activating group) is 2. The number of sulfonamides is 1. The fraction of sp³-hybridized carbons (Fsp3) is 0.300. The lowest BCUT2D eigenvalue weighted by atomic mass is 10.1. The summed E-state index contributed by atoms with van der Waals surface area (Å²) in [5, 5.41) is 7.72. The zero-order chi connectivity index (χ0) is 30.6. The zero-order valence-corrected chi connectivity index (χ0v) is 25.8. The van der Waals surface area contributed by atoms with Gasteiger partial charge in [0.15, 0.2) is 5.65 Å². The molecule has 1 atom stereocenters. The second kappa shape index (κ2) is 12.8. The van der Waals surface area contributed by atoms with Gasteiger partial charge in [-0.2, -0.15) is 18.9 Å². The molecule has 2 aromatic carbocycles. The fourth-order valence-electron chi connectivity index (χ4n) is 4.59. The Hall–Kier alpha value is -4.46. The largest absolute Gasteiger partial charge is 0.351 e. The summed E-state index contributed by atoms with van der Waals surface area (Å²) >= 11 is 0. The molecule has 5 aromatic rings. The maximum absolute atomic E-state index is 13.1. The van der Waals surface area contributed by atoms with Crippen LogP contribution < -0.4 is 10.2 Å². The van der Waals surface area contributed by atoms with Gasteiger partial charge in [0, 0.05) is 51.1 Å². The summed E-state index contributed by atoms with van der Waals surface area (Å²) in [4.78, 5) is 22.5. The van der Waals surface area contributed by atoms with Gasteiger partial charge in [-0.05, 0) is 51.2 Å². The van der Waals surface area contributed by atoms with Crippen molar-refractivity contribution >= 4 is 33.4 Å². The molecule has 0 saturated heterocycles. The lowest BCUT2D eigenvalue weighted by Crippen LogP contribution is -2.33. The Kier molecular flexibility index (Phi) is 8.94. The van der Waals surface area contributed by atoms with Gasteiger partial charge in [0.1, 0.15) is 12.1 Å². The van der Waals surface area contributed by atoms with Crippen LogP contribution in [0.3, 0.4) is 0 Å². The minimum Gasteiger partial charge on any atom is -0.351 e. The van der Waals surface area contributed by atoms with Gasteiger partial charge in [0.25, 0.3) is 0 Å². The van der Waals surface area contributed by atoms with Gasteiger partial charge < -0.3 is 10.2 Å². The van der Waals surface area contributed by atoms with Gasteiger partial charge in [-0.3, -0.25) is 4.90 Å². The second-order valence-electron chi connectivity index (χ2n) is 10.7. The molecule has 0 spiro atoms. The van der Waals surface area contributed by atoms with Crippen LogP contribution in [-0.4, -0.2) is 94.5 Å². The number of hydrogen-bond donors (Lipinski definition) is 1.